The van der Waals surface area contributed by atoms with Crippen molar-refractivity contribution in [3.63, 3.8) is 0 Å². The molecule has 2 N–H and O–H groups in total. The monoisotopic (exact) mass is 229 g/mol. The van der Waals surface area contributed by atoms with Gasteiger partial charge in [0.05, 0.1) is 0 Å². The number of carbonyl (C=O) groups is 1. The van der Waals surface area contributed by atoms with Crippen molar-refractivity contribution in [1.29, 1.82) is 0 Å². The molecule has 6 nitrogen and oxygen atoms in total. The minimum Gasteiger partial charge on any atom is -0.388 e. The normalized spacial score (nSPS) is 9.73. The molecular formula is C4H8BrNO5. The van der Waals surface area contributed by atoms with Gasteiger partial charge in [-0.05, 0) is 0 Å². The van der Waals surface area contributed by atoms with Gasteiger partial charge in [0.15, 0.2) is 0 Å². The first-order valence-corrected chi connectivity index (χ1v) is 3.20. The molecule has 7 heteroatoms. The van der Waals surface area contributed by atoms with Gasteiger partial charge in [-0.1, -0.05) is 0 Å². The van der Waals surface area contributed by atoms with E-state index in [2.05, 4.69) is 15.9 Å². The van der Waals surface area contributed by atoms with E-state index < -0.39 is 22.6 Å². The Hall–Kier alpha value is -0.530. The van der Waals surface area contributed by atoms with Crippen LogP contribution in [0.15, 0.2) is 0 Å². The number of aliphatic hydroxyl groups excluding tert-OH is 2. The van der Waals surface area contributed by atoms with Crippen LogP contribution in [0.5, 0.6) is 0 Å². The van der Waals surface area contributed by atoms with Crippen molar-refractivity contribution in [1.82, 2.24) is 0 Å². The molecule has 0 saturated heterocycles. The molecule has 0 aromatic carbocycles. The van der Waals surface area contributed by atoms with E-state index in [-0.39, 0.29) is 0 Å². The van der Waals surface area contributed by atoms with Crippen molar-refractivity contribution < 1.29 is 19.9 Å². The Bertz CT molecular complexity index is 126. The molecule has 11 heavy (non-hydrogen) atoms. The molecule has 0 aliphatic rings. The minimum absolute atomic E-state index is 0.726. The van der Waals surface area contributed by atoms with Crippen LogP contribution in [0.1, 0.15) is 0 Å². The maximum absolute atomic E-state index is 9.92. The minimum atomic E-state index is -1.77. The molecule has 0 bridgehead atoms. The number of halogens is 1. The van der Waals surface area contributed by atoms with Crippen molar-refractivity contribution in [2.24, 2.45) is 0 Å². The fourth-order valence-electron chi connectivity index (χ4n) is 0.165. The molecule has 0 aromatic rings. The molecule has 0 spiro atoms. The van der Waals surface area contributed by atoms with Gasteiger partial charge in [-0.15, -0.1) is 0 Å². The summed E-state index contributed by atoms with van der Waals surface area (Å²) in [5.74, 6) is 0. The van der Waals surface area contributed by atoms with E-state index in [0.717, 1.165) is 0 Å². The van der Waals surface area contributed by atoms with E-state index in [0.29, 0.717) is 0 Å². The van der Waals surface area contributed by atoms with Crippen molar-refractivity contribution in [3.8, 4) is 0 Å². The van der Waals surface area contributed by atoms with Gasteiger partial charge in [0, 0.05) is 20.9 Å². The zero-order valence-corrected chi connectivity index (χ0v) is 7.15. The summed E-state index contributed by atoms with van der Waals surface area (Å²) in [5, 5.41) is 26.5. The predicted octanol–water partition coefficient (Wildman–Crippen LogP) is -0.846. The number of hydrogen-bond acceptors (Lipinski definition) is 5. The van der Waals surface area contributed by atoms with Gasteiger partial charge >= 0.3 is 4.45 Å². The molecule has 66 valence electrons. The van der Waals surface area contributed by atoms with Crippen LogP contribution < -0.4 is 0 Å². The van der Waals surface area contributed by atoms with Gasteiger partial charge in [-0.25, -0.2) is 0 Å². The third-order valence-corrected chi connectivity index (χ3v) is 1.60. The summed E-state index contributed by atoms with van der Waals surface area (Å²) in [6.45, 7) is 0.549. The molecular weight excluding hydrogens is 222 g/mol. The molecule has 0 radical (unpaired) electrons. The molecule has 0 aliphatic heterocycles. The highest BCUT2D eigenvalue weighted by Gasteiger charge is 2.38. The maximum Gasteiger partial charge on any atom is 0.319 e. The van der Waals surface area contributed by atoms with Crippen LogP contribution >= 0.6 is 15.9 Å². The lowest BCUT2D eigenvalue weighted by Gasteiger charge is -2.11. The Morgan fingerprint density at radius 2 is 1.73 bits per heavy atom. The Labute approximate surface area is 71.1 Å². The fraction of sp³-hybridized carbons (Fsp3) is 0.750. The highest BCUT2D eigenvalue weighted by molar-refractivity contribution is 9.10. The van der Waals surface area contributed by atoms with Crippen LogP contribution in [-0.2, 0) is 4.79 Å². The molecule has 0 fully saturated rings. The summed E-state index contributed by atoms with van der Waals surface area (Å²) in [6.07, 6.45) is 0. The molecule has 0 saturated carbocycles. The van der Waals surface area contributed by atoms with E-state index in [4.69, 9.17) is 15.0 Å². The lowest BCUT2D eigenvalue weighted by molar-refractivity contribution is -0.542. The molecule has 0 unspecified atom stereocenters. The first kappa shape index (κ1) is 13.1. The molecule has 0 aliphatic carbocycles. The fourth-order valence-corrected chi connectivity index (χ4v) is 0.165. The molecule has 0 heterocycles. The highest BCUT2D eigenvalue weighted by atomic mass is 79.9. The second-order valence-corrected chi connectivity index (χ2v) is 2.97. The summed E-state index contributed by atoms with van der Waals surface area (Å²) in [6, 6.07) is 0. The number of alkyl halides is 1. The summed E-state index contributed by atoms with van der Waals surface area (Å²) in [5.41, 5.74) is 0. The zero-order chi connectivity index (χ0) is 9.49. The highest BCUT2D eigenvalue weighted by Crippen LogP contribution is 2.15. The average Bonchev–Trinajstić information content (AvgIpc) is 2.06. The van der Waals surface area contributed by atoms with Crippen molar-refractivity contribution in [2.45, 2.75) is 4.45 Å². The SMILES string of the molecule is C=O.O=[N+]([O-])C(Br)(CO)CO. The second kappa shape index (κ2) is 6.20. The maximum atomic E-state index is 9.92. The number of rotatable bonds is 3. The van der Waals surface area contributed by atoms with E-state index in [1.807, 2.05) is 6.79 Å². The number of nitrogens with zero attached hydrogens (tertiary/aromatic N) is 1. The number of hydrogen-bond donors (Lipinski definition) is 2. The largest absolute Gasteiger partial charge is 0.388 e. The summed E-state index contributed by atoms with van der Waals surface area (Å²) in [7, 11) is 0. The molecule has 0 atom stereocenters. The Morgan fingerprint density at radius 3 is 1.73 bits per heavy atom. The topological polar surface area (TPSA) is 101 Å². The number of nitro groups is 1. The summed E-state index contributed by atoms with van der Waals surface area (Å²) in [4.78, 5) is 17.1. The van der Waals surface area contributed by atoms with Crippen LogP contribution in [0.25, 0.3) is 0 Å². The van der Waals surface area contributed by atoms with Gasteiger partial charge in [0.1, 0.15) is 20.0 Å². The first-order chi connectivity index (χ1) is 5.06. The quantitative estimate of drug-likeness (QED) is 0.284. The Morgan fingerprint density at radius 1 is 1.45 bits per heavy atom. The Balaban J connectivity index is 0. The lowest BCUT2D eigenvalue weighted by Crippen LogP contribution is -2.39. The molecule has 0 aromatic heterocycles. The standard InChI is InChI=1S/C3H6BrNO4.CH2O/c4-3(1-6,2-7)5(8)9;1-2/h6-7H,1-2H2;1H2. The van der Waals surface area contributed by atoms with Crippen molar-refractivity contribution in [2.75, 3.05) is 13.2 Å². The third kappa shape index (κ3) is 4.02. The number of aliphatic hydroxyl groups is 2. The molecule has 0 amide bonds. The molecule has 0 rings (SSSR count). The van der Waals surface area contributed by atoms with Gasteiger partial charge < -0.3 is 15.0 Å². The van der Waals surface area contributed by atoms with Crippen molar-refractivity contribution >= 4 is 22.7 Å². The van der Waals surface area contributed by atoms with Gasteiger partial charge in [0.2, 0.25) is 0 Å². The average molecular weight is 230 g/mol. The van der Waals surface area contributed by atoms with E-state index in [9.17, 15) is 10.1 Å². The van der Waals surface area contributed by atoms with E-state index >= 15 is 0 Å². The van der Waals surface area contributed by atoms with E-state index in [1.54, 1.807) is 0 Å². The smallest absolute Gasteiger partial charge is 0.319 e. The van der Waals surface area contributed by atoms with Crippen LogP contribution in [0, 0.1) is 10.1 Å². The van der Waals surface area contributed by atoms with E-state index in [1.165, 1.54) is 0 Å². The van der Waals surface area contributed by atoms with Gasteiger partial charge in [0.25, 0.3) is 0 Å². The predicted molar refractivity (Wildman–Crippen MR) is 39.9 cm³/mol. The second-order valence-electron chi connectivity index (χ2n) is 1.49. The van der Waals surface area contributed by atoms with Gasteiger partial charge in [-0.2, -0.15) is 0 Å². The zero-order valence-electron chi connectivity index (χ0n) is 5.57. The summed E-state index contributed by atoms with van der Waals surface area (Å²) >= 11 is 2.55. The van der Waals surface area contributed by atoms with Crippen LogP contribution in [0.2, 0.25) is 0 Å². The van der Waals surface area contributed by atoms with Crippen LogP contribution in [-0.4, -0.2) is 39.6 Å². The number of carbonyl (C=O) groups excluding carboxylic acids is 1. The van der Waals surface area contributed by atoms with Crippen LogP contribution in [0.3, 0.4) is 0 Å². The van der Waals surface area contributed by atoms with Crippen molar-refractivity contribution in [3.05, 3.63) is 10.1 Å². The van der Waals surface area contributed by atoms with Gasteiger partial charge in [-0.3, -0.25) is 10.1 Å². The Kier molecular flexibility index (Phi) is 7.37. The van der Waals surface area contributed by atoms with Crippen LogP contribution in [0.4, 0.5) is 0 Å². The third-order valence-electron chi connectivity index (χ3n) is 0.812. The summed E-state index contributed by atoms with van der Waals surface area (Å²) < 4.78 is -1.77. The lowest BCUT2D eigenvalue weighted by atomic mass is 10.4. The first-order valence-electron chi connectivity index (χ1n) is 2.41.